The van der Waals surface area contributed by atoms with Crippen LogP contribution in [0.5, 0.6) is 5.88 Å². The molecular formula is C19H19N5O2. The number of ether oxygens (including phenoxy) is 1. The lowest BCUT2D eigenvalue weighted by Crippen LogP contribution is -2.42. The highest BCUT2D eigenvalue weighted by Crippen LogP contribution is 2.21. The summed E-state index contributed by atoms with van der Waals surface area (Å²) in [5, 5.41) is 4.25. The van der Waals surface area contributed by atoms with E-state index in [1.54, 1.807) is 29.5 Å². The summed E-state index contributed by atoms with van der Waals surface area (Å²) in [6, 6.07) is 9.39. The van der Waals surface area contributed by atoms with Crippen LogP contribution in [-0.4, -0.2) is 49.7 Å². The average molecular weight is 349 g/mol. The van der Waals surface area contributed by atoms with Crippen LogP contribution < -0.4 is 4.74 Å². The quantitative estimate of drug-likeness (QED) is 0.723. The highest BCUT2D eigenvalue weighted by molar-refractivity contribution is 5.97. The van der Waals surface area contributed by atoms with E-state index in [2.05, 4.69) is 15.1 Å². The molecule has 7 nitrogen and oxygen atoms in total. The van der Waals surface area contributed by atoms with Gasteiger partial charge in [-0.2, -0.15) is 5.10 Å². The summed E-state index contributed by atoms with van der Waals surface area (Å²) in [6.45, 7) is 1.30. The number of carbonyl (C=O) groups is 1. The monoisotopic (exact) mass is 349 g/mol. The molecule has 3 aromatic rings. The molecule has 0 N–H and O–H groups in total. The van der Waals surface area contributed by atoms with E-state index in [4.69, 9.17) is 4.74 Å². The Morgan fingerprint density at radius 3 is 2.65 bits per heavy atom. The fourth-order valence-electron chi connectivity index (χ4n) is 3.13. The highest BCUT2D eigenvalue weighted by Gasteiger charge is 2.26. The second-order valence-electron chi connectivity index (χ2n) is 6.12. The number of aromatic nitrogens is 4. The van der Waals surface area contributed by atoms with E-state index in [0.29, 0.717) is 24.5 Å². The average Bonchev–Trinajstić information content (AvgIpc) is 3.24. The summed E-state index contributed by atoms with van der Waals surface area (Å²) in [6.07, 6.45) is 9.97. The van der Waals surface area contributed by atoms with Gasteiger partial charge < -0.3 is 9.64 Å². The van der Waals surface area contributed by atoms with E-state index < -0.39 is 0 Å². The van der Waals surface area contributed by atoms with Gasteiger partial charge in [0.25, 0.3) is 5.91 Å². The Bertz CT molecular complexity index is 859. The van der Waals surface area contributed by atoms with Gasteiger partial charge >= 0.3 is 0 Å². The van der Waals surface area contributed by atoms with Crippen molar-refractivity contribution in [2.45, 2.75) is 18.9 Å². The number of para-hydroxylation sites is 1. The molecule has 0 unspecified atom stereocenters. The molecule has 0 aliphatic carbocycles. The minimum Gasteiger partial charge on any atom is -0.473 e. The van der Waals surface area contributed by atoms with Crippen LogP contribution in [0.3, 0.4) is 0 Å². The number of amides is 1. The van der Waals surface area contributed by atoms with Crippen LogP contribution in [0.4, 0.5) is 0 Å². The van der Waals surface area contributed by atoms with Gasteiger partial charge in [-0.25, -0.2) is 9.67 Å². The van der Waals surface area contributed by atoms with Crippen molar-refractivity contribution >= 4 is 5.91 Å². The first-order chi connectivity index (χ1) is 12.8. The molecular weight excluding hydrogens is 330 g/mol. The highest BCUT2D eigenvalue weighted by atomic mass is 16.5. The maximum Gasteiger partial charge on any atom is 0.256 e. The first-order valence-electron chi connectivity index (χ1n) is 8.62. The number of piperidine rings is 1. The van der Waals surface area contributed by atoms with Crippen molar-refractivity contribution < 1.29 is 9.53 Å². The fraction of sp³-hybridized carbons (Fsp3) is 0.263. The Labute approximate surface area is 151 Å². The summed E-state index contributed by atoms with van der Waals surface area (Å²) >= 11 is 0. The van der Waals surface area contributed by atoms with Crippen molar-refractivity contribution in [2.75, 3.05) is 13.1 Å². The Kier molecular flexibility index (Phi) is 4.59. The van der Waals surface area contributed by atoms with Crippen LogP contribution in [0, 0.1) is 0 Å². The zero-order chi connectivity index (χ0) is 17.8. The van der Waals surface area contributed by atoms with Crippen LogP contribution in [0.15, 0.2) is 61.3 Å². The zero-order valence-corrected chi connectivity index (χ0v) is 14.2. The number of likely N-dealkylation sites (tertiary alicyclic amines) is 1. The predicted octanol–water partition coefficient (Wildman–Crippen LogP) is 2.35. The molecule has 4 rings (SSSR count). The van der Waals surface area contributed by atoms with Crippen LogP contribution >= 0.6 is 0 Å². The Morgan fingerprint density at radius 1 is 1.08 bits per heavy atom. The predicted molar refractivity (Wildman–Crippen MR) is 95.1 cm³/mol. The molecule has 0 radical (unpaired) electrons. The first-order valence-corrected chi connectivity index (χ1v) is 8.62. The lowest BCUT2D eigenvalue weighted by molar-refractivity contribution is 0.0587. The van der Waals surface area contributed by atoms with Gasteiger partial charge in [0.05, 0.1) is 17.4 Å². The van der Waals surface area contributed by atoms with Gasteiger partial charge in [-0.15, -0.1) is 0 Å². The number of benzene rings is 1. The van der Waals surface area contributed by atoms with Gasteiger partial charge in [0.1, 0.15) is 6.10 Å². The third-order valence-corrected chi connectivity index (χ3v) is 4.44. The van der Waals surface area contributed by atoms with Crippen molar-refractivity contribution in [3.05, 3.63) is 66.9 Å². The summed E-state index contributed by atoms with van der Waals surface area (Å²) < 4.78 is 7.57. The van der Waals surface area contributed by atoms with E-state index >= 15 is 0 Å². The number of carbonyl (C=O) groups excluding carboxylic acids is 1. The third-order valence-electron chi connectivity index (χ3n) is 4.44. The molecule has 0 saturated carbocycles. The second kappa shape index (κ2) is 7.35. The van der Waals surface area contributed by atoms with E-state index in [0.717, 1.165) is 18.5 Å². The normalized spacial score (nSPS) is 15.0. The molecule has 26 heavy (non-hydrogen) atoms. The standard InChI is InChI=1S/C19H19N5O2/c25-19(16-4-1-2-5-17(16)24-11-3-8-22-24)23-12-6-15(7-13-23)26-18-14-20-9-10-21-18/h1-5,8-11,14-15H,6-7,12-13H2. The lowest BCUT2D eigenvalue weighted by Gasteiger charge is -2.32. The molecule has 132 valence electrons. The third kappa shape index (κ3) is 3.42. The Balaban J connectivity index is 1.43. The summed E-state index contributed by atoms with van der Waals surface area (Å²) in [5.74, 6) is 0.551. The maximum atomic E-state index is 13.0. The number of hydrogen-bond acceptors (Lipinski definition) is 5. The molecule has 1 aliphatic rings. The SMILES string of the molecule is O=C(c1ccccc1-n1cccn1)N1CCC(Oc2cnccn2)CC1. The molecule has 0 atom stereocenters. The van der Waals surface area contributed by atoms with Crippen molar-refractivity contribution in [1.29, 1.82) is 0 Å². The minimum atomic E-state index is 0.0223. The summed E-state index contributed by atoms with van der Waals surface area (Å²) in [5.41, 5.74) is 1.45. The zero-order valence-electron chi connectivity index (χ0n) is 14.2. The largest absolute Gasteiger partial charge is 0.473 e. The fourth-order valence-corrected chi connectivity index (χ4v) is 3.13. The van der Waals surface area contributed by atoms with Crippen molar-refractivity contribution in [1.82, 2.24) is 24.6 Å². The minimum absolute atomic E-state index is 0.0223. The topological polar surface area (TPSA) is 73.1 Å². The van der Waals surface area contributed by atoms with Gasteiger partial charge in [-0.05, 0) is 18.2 Å². The van der Waals surface area contributed by atoms with Crippen LogP contribution in [0.2, 0.25) is 0 Å². The smallest absolute Gasteiger partial charge is 0.256 e. The summed E-state index contributed by atoms with van der Waals surface area (Å²) in [7, 11) is 0. The van der Waals surface area contributed by atoms with Gasteiger partial charge in [0, 0.05) is 50.7 Å². The maximum absolute atomic E-state index is 13.0. The molecule has 7 heteroatoms. The number of nitrogens with zero attached hydrogens (tertiary/aromatic N) is 5. The number of rotatable bonds is 4. The van der Waals surface area contributed by atoms with Gasteiger partial charge in [0.2, 0.25) is 5.88 Å². The van der Waals surface area contributed by atoms with E-state index in [1.807, 2.05) is 41.4 Å². The van der Waals surface area contributed by atoms with Gasteiger partial charge in [0.15, 0.2) is 0 Å². The summed E-state index contributed by atoms with van der Waals surface area (Å²) in [4.78, 5) is 23.0. The molecule has 3 heterocycles. The van der Waals surface area contributed by atoms with Gasteiger partial charge in [-0.1, -0.05) is 12.1 Å². The molecule has 0 spiro atoms. The van der Waals surface area contributed by atoms with Crippen molar-refractivity contribution in [2.24, 2.45) is 0 Å². The van der Waals surface area contributed by atoms with Crippen molar-refractivity contribution in [3.63, 3.8) is 0 Å². The van der Waals surface area contributed by atoms with Gasteiger partial charge in [-0.3, -0.25) is 9.78 Å². The molecule has 1 aliphatic heterocycles. The van der Waals surface area contributed by atoms with Crippen molar-refractivity contribution in [3.8, 4) is 11.6 Å². The van der Waals surface area contributed by atoms with E-state index in [-0.39, 0.29) is 12.0 Å². The molecule has 2 aromatic heterocycles. The second-order valence-corrected chi connectivity index (χ2v) is 6.12. The first kappa shape index (κ1) is 16.3. The molecule has 1 fully saturated rings. The van der Waals surface area contributed by atoms with E-state index in [9.17, 15) is 4.79 Å². The van der Waals surface area contributed by atoms with E-state index in [1.165, 1.54) is 0 Å². The molecule has 1 saturated heterocycles. The van der Waals surface area contributed by atoms with Crippen LogP contribution in [0.1, 0.15) is 23.2 Å². The van der Waals surface area contributed by atoms with Crippen LogP contribution in [-0.2, 0) is 0 Å². The molecule has 0 bridgehead atoms. The van der Waals surface area contributed by atoms with Crippen LogP contribution in [0.25, 0.3) is 5.69 Å². The molecule has 1 aromatic carbocycles. The number of hydrogen-bond donors (Lipinski definition) is 0. The lowest BCUT2D eigenvalue weighted by atomic mass is 10.1. The molecule has 1 amide bonds. The Hall–Kier alpha value is -3.22. The Morgan fingerprint density at radius 2 is 1.92 bits per heavy atom.